The van der Waals surface area contributed by atoms with Crippen LogP contribution in [0.2, 0.25) is 0 Å². The van der Waals surface area contributed by atoms with Crippen LogP contribution in [0.5, 0.6) is 5.75 Å². The molecule has 28 heavy (non-hydrogen) atoms. The van der Waals surface area contributed by atoms with Crippen molar-refractivity contribution in [1.82, 2.24) is 14.9 Å². The largest absolute Gasteiger partial charge is 0.497 e. The summed E-state index contributed by atoms with van der Waals surface area (Å²) in [6, 6.07) is 7.30. The second kappa shape index (κ2) is 8.36. The van der Waals surface area contributed by atoms with Crippen molar-refractivity contribution in [3.05, 3.63) is 45.1 Å². The quantitative estimate of drug-likeness (QED) is 0.490. The standard InChI is InChI=1S/C20H23N3O3S2/c1-6-15-11(2)16-18(28-15)22-20(27-12(3)17(24)21-4)23(19(16)25)13-8-7-9-14(10-13)26-5/h7-10,12H,6H2,1-5H3,(H,21,24). The zero-order valence-corrected chi connectivity index (χ0v) is 18.2. The molecule has 0 bridgehead atoms. The van der Waals surface area contributed by atoms with Crippen LogP contribution in [0.1, 0.15) is 24.3 Å². The number of aromatic nitrogens is 2. The predicted molar refractivity (Wildman–Crippen MR) is 115 cm³/mol. The lowest BCUT2D eigenvalue weighted by molar-refractivity contribution is -0.119. The van der Waals surface area contributed by atoms with E-state index in [1.807, 2.05) is 25.1 Å². The first-order chi connectivity index (χ1) is 13.4. The maximum Gasteiger partial charge on any atom is 0.267 e. The number of carbonyl (C=O) groups excluding carboxylic acids is 1. The van der Waals surface area contributed by atoms with E-state index in [1.54, 1.807) is 43.1 Å². The Kier molecular flexibility index (Phi) is 6.10. The average molecular weight is 418 g/mol. The molecule has 0 spiro atoms. The molecule has 2 aromatic heterocycles. The molecular formula is C20H23N3O3S2. The van der Waals surface area contributed by atoms with Gasteiger partial charge in [0, 0.05) is 18.0 Å². The van der Waals surface area contributed by atoms with E-state index in [2.05, 4.69) is 12.2 Å². The van der Waals surface area contributed by atoms with E-state index in [1.165, 1.54) is 11.8 Å². The Morgan fingerprint density at radius 3 is 2.82 bits per heavy atom. The van der Waals surface area contributed by atoms with E-state index in [0.29, 0.717) is 26.8 Å². The minimum absolute atomic E-state index is 0.117. The second-order valence-corrected chi connectivity index (χ2v) is 8.69. The number of nitrogens with one attached hydrogen (secondary N) is 1. The van der Waals surface area contributed by atoms with Crippen molar-refractivity contribution in [3.63, 3.8) is 0 Å². The third-order valence-corrected chi connectivity index (χ3v) is 6.95. The van der Waals surface area contributed by atoms with E-state index in [9.17, 15) is 9.59 Å². The summed E-state index contributed by atoms with van der Waals surface area (Å²) in [6.07, 6.45) is 0.850. The Balaban J connectivity index is 2.29. The van der Waals surface area contributed by atoms with Crippen LogP contribution in [0.15, 0.2) is 34.2 Å². The molecule has 0 aliphatic heterocycles. The Morgan fingerprint density at radius 2 is 2.18 bits per heavy atom. The molecule has 8 heteroatoms. The van der Waals surface area contributed by atoms with Crippen molar-refractivity contribution >= 4 is 39.2 Å². The number of fused-ring (bicyclic) bond motifs is 1. The van der Waals surface area contributed by atoms with Crippen LogP contribution < -0.4 is 15.6 Å². The number of hydrogen-bond acceptors (Lipinski definition) is 6. The summed E-state index contributed by atoms with van der Waals surface area (Å²) < 4.78 is 6.90. The minimum atomic E-state index is -0.391. The van der Waals surface area contributed by atoms with Crippen LogP contribution in [0.4, 0.5) is 0 Å². The van der Waals surface area contributed by atoms with Crippen LogP contribution in [-0.4, -0.2) is 34.9 Å². The number of thioether (sulfide) groups is 1. The number of aryl methyl sites for hydroxylation is 2. The summed E-state index contributed by atoms with van der Waals surface area (Å²) in [5.41, 5.74) is 1.51. The van der Waals surface area contributed by atoms with Crippen molar-refractivity contribution in [1.29, 1.82) is 0 Å². The number of carbonyl (C=O) groups is 1. The van der Waals surface area contributed by atoms with E-state index < -0.39 is 5.25 Å². The Bertz CT molecular complexity index is 1090. The van der Waals surface area contributed by atoms with E-state index >= 15 is 0 Å². The van der Waals surface area contributed by atoms with Crippen LogP contribution in [-0.2, 0) is 11.2 Å². The van der Waals surface area contributed by atoms with Crippen molar-refractivity contribution in [2.45, 2.75) is 37.6 Å². The molecule has 0 radical (unpaired) electrons. The molecule has 0 fully saturated rings. The Hall–Kier alpha value is -2.32. The van der Waals surface area contributed by atoms with E-state index in [0.717, 1.165) is 16.9 Å². The highest BCUT2D eigenvalue weighted by molar-refractivity contribution is 8.00. The molecule has 1 amide bonds. The van der Waals surface area contributed by atoms with Gasteiger partial charge in [-0.05, 0) is 38.0 Å². The molecule has 0 aliphatic rings. The average Bonchev–Trinajstić information content (AvgIpc) is 3.03. The lowest BCUT2D eigenvalue weighted by atomic mass is 10.2. The molecule has 1 unspecified atom stereocenters. The fraction of sp³-hybridized carbons (Fsp3) is 0.350. The van der Waals surface area contributed by atoms with Gasteiger partial charge in [-0.1, -0.05) is 24.8 Å². The predicted octanol–water partition coefficient (Wildman–Crippen LogP) is 3.55. The molecule has 1 aromatic carbocycles. The SMILES string of the molecule is CCc1sc2nc(SC(C)C(=O)NC)n(-c3cccc(OC)c3)c(=O)c2c1C. The minimum Gasteiger partial charge on any atom is -0.497 e. The number of nitrogens with zero attached hydrogens (tertiary/aromatic N) is 2. The fourth-order valence-electron chi connectivity index (χ4n) is 3.02. The molecule has 3 rings (SSSR count). The summed E-state index contributed by atoms with van der Waals surface area (Å²) in [5.74, 6) is 0.532. The zero-order chi connectivity index (χ0) is 20.4. The van der Waals surface area contributed by atoms with Gasteiger partial charge in [0.2, 0.25) is 5.91 Å². The van der Waals surface area contributed by atoms with Gasteiger partial charge in [0.1, 0.15) is 10.6 Å². The number of ether oxygens (including phenoxy) is 1. The van der Waals surface area contributed by atoms with Gasteiger partial charge in [0.05, 0.1) is 23.4 Å². The van der Waals surface area contributed by atoms with Crippen LogP contribution in [0.25, 0.3) is 15.9 Å². The molecular weight excluding hydrogens is 394 g/mol. The number of amides is 1. The number of benzene rings is 1. The van der Waals surface area contributed by atoms with Crippen LogP contribution >= 0.6 is 23.1 Å². The monoisotopic (exact) mass is 417 g/mol. The zero-order valence-electron chi connectivity index (χ0n) is 16.5. The highest BCUT2D eigenvalue weighted by atomic mass is 32.2. The topological polar surface area (TPSA) is 73.2 Å². The van der Waals surface area contributed by atoms with Crippen LogP contribution in [0, 0.1) is 6.92 Å². The normalized spacial score (nSPS) is 12.2. The molecule has 2 heterocycles. The highest BCUT2D eigenvalue weighted by Crippen LogP contribution is 2.32. The molecule has 3 aromatic rings. The van der Waals surface area contributed by atoms with Gasteiger partial charge in [-0.25, -0.2) is 4.98 Å². The molecule has 1 N–H and O–H groups in total. The van der Waals surface area contributed by atoms with Gasteiger partial charge in [-0.3, -0.25) is 14.2 Å². The first-order valence-electron chi connectivity index (χ1n) is 8.98. The van der Waals surface area contributed by atoms with Crippen LogP contribution in [0.3, 0.4) is 0 Å². The first-order valence-corrected chi connectivity index (χ1v) is 10.7. The second-order valence-electron chi connectivity index (χ2n) is 6.29. The van der Waals surface area contributed by atoms with Gasteiger partial charge in [-0.15, -0.1) is 11.3 Å². The first kappa shape index (κ1) is 20.4. The van der Waals surface area contributed by atoms with Gasteiger partial charge < -0.3 is 10.1 Å². The van der Waals surface area contributed by atoms with E-state index in [-0.39, 0.29) is 11.5 Å². The van der Waals surface area contributed by atoms with Gasteiger partial charge in [0.25, 0.3) is 5.56 Å². The number of thiophene rings is 1. The summed E-state index contributed by atoms with van der Waals surface area (Å²) >= 11 is 2.81. The third-order valence-electron chi connectivity index (χ3n) is 4.56. The number of rotatable bonds is 6. The van der Waals surface area contributed by atoms with Crippen molar-refractivity contribution in [2.75, 3.05) is 14.2 Å². The Morgan fingerprint density at radius 1 is 1.43 bits per heavy atom. The maximum atomic E-state index is 13.5. The fourth-order valence-corrected chi connectivity index (χ4v) is 5.16. The van der Waals surface area contributed by atoms with E-state index in [4.69, 9.17) is 9.72 Å². The molecule has 0 aliphatic carbocycles. The number of methoxy groups -OCH3 is 1. The molecule has 0 saturated carbocycles. The van der Waals surface area contributed by atoms with Crippen molar-refractivity contribution < 1.29 is 9.53 Å². The lowest BCUT2D eigenvalue weighted by Gasteiger charge is -2.15. The van der Waals surface area contributed by atoms with Crippen molar-refractivity contribution in [3.8, 4) is 11.4 Å². The van der Waals surface area contributed by atoms with Gasteiger partial charge in [0.15, 0.2) is 5.16 Å². The van der Waals surface area contributed by atoms with Gasteiger partial charge >= 0.3 is 0 Å². The molecule has 0 saturated heterocycles. The smallest absolute Gasteiger partial charge is 0.267 e. The summed E-state index contributed by atoms with van der Waals surface area (Å²) in [6.45, 7) is 5.84. The number of hydrogen-bond donors (Lipinski definition) is 1. The molecule has 6 nitrogen and oxygen atoms in total. The van der Waals surface area contributed by atoms with Crippen molar-refractivity contribution in [2.24, 2.45) is 0 Å². The summed E-state index contributed by atoms with van der Waals surface area (Å²) in [4.78, 5) is 32.2. The molecule has 1 atom stereocenters. The molecule has 148 valence electrons. The van der Waals surface area contributed by atoms with Gasteiger partial charge in [-0.2, -0.15) is 0 Å². The highest BCUT2D eigenvalue weighted by Gasteiger charge is 2.22. The third kappa shape index (κ3) is 3.66. The Labute approximate surface area is 171 Å². The maximum absolute atomic E-state index is 13.5. The summed E-state index contributed by atoms with van der Waals surface area (Å²) in [5, 5.41) is 3.39. The summed E-state index contributed by atoms with van der Waals surface area (Å²) in [7, 11) is 3.19. The lowest BCUT2D eigenvalue weighted by Crippen LogP contribution is -2.29.